The molecule has 8 heteroatoms. The molecule has 1 amide bonds. The molecular formula is C20H19ClFN3O3. The molecule has 1 N–H and O–H groups in total. The monoisotopic (exact) mass is 403 g/mol. The van der Waals surface area contributed by atoms with E-state index in [0.29, 0.717) is 22.9 Å². The lowest BCUT2D eigenvalue weighted by molar-refractivity contribution is 0.0940. The maximum atomic E-state index is 14.5. The van der Waals surface area contributed by atoms with Crippen LogP contribution in [-0.4, -0.2) is 29.7 Å². The van der Waals surface area contributed by atoms with E-state index in [1.54, 1.807) is 42.2 Å². The standard InChI is InChI=1S/C20H19ClFN3O3/c1-25-9-8-23-19(25)17(13-6-4-5-7-15(13)22)24-20(26)12-10-14(21)18(28-3)16(11-12)27-2/h4-11,17H,1-3H3,(H,24,26)/t17-/m0/s1. The van der Waals surface area contributed by atoms with Gasteiger partial charge in [0.1, 0.15) is 17.7 Å². The summed E-state index contributed by atoms with van der Waals surface area (Å²) in [4.78, 5) is 17.2. The van der Waals surface area contributed by atoms with Gasteiger partial charge in [-0.05, 0) is 18.2 Å². The van der Waals surface area contributed by atoms with Crippen LogP contribution in [0.4, 0.5) is 4.39 Å². The van der Waals surface area contributed by atoms with E-state index in [0.717, 1.165) is 0 Å². The first-order chi connectivity index (χ1) is 13.5. The fraction of sp³-hybridized carbons (Fsp3) is 0.200. The van der Waals surface area contributed by atoms with Crippen molar-refractivity contribution in [1.82, 2.24) is 14.9 Å². The summed E-state index contributed by atoms with van der Waals surface area (Å²) in [5, 5.41) is 3.06. The minimum absolute atomic E-state index is 0.228. The van der Waals surface area contributed by atoms with Crippen molar-refractivity contribution in [2.75, 3.05) is 14.2 Å². The topological polar surface area (TPSA) is 65.4 Å². The lowest BCUT2D eigenvalue weighted by atomic mass is 10.0. The number of hydrogen-bond donors (Lipinski definition) is 1. The van der Waals surface area contributed by atoms with Crippen LogP contribution >= 0.6 is 11.6 Å². The van der Waals surface area contributed by atoms with Gasteiger partial charge in [-0.15, -0.1) is 0 Å². The van der Waals surface area contributed by atoms with Crippen molar-refractivity contribution in [3.8, 4) is 11.5 Å². The van der Waals surface area contributed by atoms with Gasteiger partial charge in [-0.25, -0.2) is 9.37 Å². The highest BCUT2D eigenvalue weighted by atomic mass is 35.5. The first-order valence-electron chi connectivity index (χ1n) is 8.40. The SMILES string of the molecule is COc1cc(C(=O)N[C@@H](c2ccccc2F)c2nccn2C)cc(Cl)c1OC. The molecule has 3 aromatic rings. The molecule has 0 aliphatic heterocycles. The minimum atomic E-state index is -0.791. The number of carbonyl (C=O) groups excluding carboxylic acids is 1. The number of aryl methyl sites for hydroxylation is 1. The number of ether oxygens (including phenoxy) is 2. The summed E-state index contributed by atoms with van der Waals surface area (Å²) in [7, 11) is 4.68. The highest BCUT2D eigenvalue weighted by Crippen LogP contribution is 2.36. The van der Waals surface area contributed by atoms with Gasteiger partial charge >= 0.3 is 0 Å². The summed E-state index contributed by atoms with van der Waals surface area (Å²) in [6.45, 7) is 0. The molecule has 0 aliphatic carbocycles. The van der Waals surface area contributed by atoms with Crippen LogP contribution in [0.5, 0.6) is 11.5 Å². The van der Waals surface area contributed by atoms with Gasteiger partial charge in [0.25, 0.3) is 5.91 Å². The van der Waals surface area contributed by atoms with Gasteiger partial charge in [0.05, 0.1) is 19.2 Å². The van der Waals surface area contributed by atoms with Crippen LogP contribution in [0.1, 0.15) is 27.8 Å². The molecule has 28 heavy (non-hydrogen) atoms. The van der Waals surface area contributed by atoms with E-state index in [9.17, 15) is 9.18 Å². The first kappa shape index (κ1) is 19.7. The molecule has 0 saturated heterocycles. The van der Waals surface area contributed by atoms with E-state index in [1.807, 2.05) is 0 Å². The summed E-state index contributed by atoms with van der Waals surface area (Å²) in [6, 6.07) is 8.42. The van der Waals surface area contributed by atoms with Gasteiger partial charge in [0.15, 0.2) is 11.5 Å². The fourth-order valence-corrected chi connectivity index (χ4v) is 3.20. The fourth-order valence-electron chi connectivity index (χ4n) is 2.91. The molecule has 0 fully saturated rings. The second kappa shape index (κ2) is 8.31. The van der Waals surface area contributed by atoms with Crippen molar-refractivity contribution in [2.24, 2.45) is 7.05 Å². The summed E-state index contributed by atoms with van der Waals surface area (Å²) in [5.41, 5.74) is 0.551. The van der Waals surface area contributed by atoms with Crippen LogP contribution < -0.4 is 14.8 Å². The van der Waals surface area contributed by atoms with Crippen molar-refractivity contribution in [1.29, 1.82) is 0 Å². The number of nitrogens with one attached hydrogen (secondary N) is 1. The Balaban J connectivity index is 2.00. The zero-order chi connectivity index (χ0) is 20.3. The third kappa shape index (κ3) is 3.80. The number of benzene rings is 2. The summed E-state index contributed by atoms with van der Waals surface area (Å²) in [5.74, 6) is 0.236. The van der Waals surface area contributed by atoms with Crippen LogP contribution in [0, 0.1) is 5.82 Å². The Morgan fingerprint density at radius 1 is 1.25 bits per heavy atom. The zero-order valence-electron chi connectivity index (χ0n) is 15.6. The van der Waals surface area contributed by atoms with Gasteiger partial charge in [0.2, 0.25) is 0 Å². The smallest absolute Gasteiger partial charge is 0.252 e. The third-order valence-electron chi connectivity index (χ3n) is 4.30. The number of methoxy groups -OCH3 is 2. The summed E-state index contributed by atoms with van der Waals surface area (Å²) >= 11 is 6.20. The lowest BCUT2D eigenvalue weighted by Crippen LogP contribution is -2.31. The Labute approximate surface area is 166 Å². The van der Waals surface area contributed by atoms with Crippen molar-refractivity contribution >= 4 is 17.5 Å². The van der Waals surface area contributed by atoms with Crippen molar-refractivity contribution in [3.63, 3.8) is 0 Å². The lowest BCUT2D eigenvalue weighted by Gasteiger charge is -2.20. The molecule has 1 atom stereocenters. The molecule has 1 heterocycles. The molecule has 0 saturated carbocycles. The normalized spacial score (nSPS) is 11.8. The quantitative estimate of drug-likeness (QED) is 0.680. The van der Waals surface area contributed by atoms with E-state index >= 15 is 0 Å². The molecule has 6 nitrogen and oxygen atoms in total. The number of amides is 1. The average Bonchev–Trinajstić information content (AvgIpc) is 3.11. The Hall–Kier alpha value is -3.06. The van der Waals surface area contributed by atoms with Crippen LogP contribution in [0.2, 0.25) is 5.02 Å². The van der Waals surface area contributed by atoms with E-state index < -0.39 is 17.8 Å². The molecular weight excluding hydrogens is 385 g/mol. The number of aromatic nitrogens is 2. The van der Waals surface area contributed by atoms with E-state index in [4.69, 9.17) is 21.1 Å². The number of hydrogen-bond acceptors (Lipinski definition) is 4. The maximum absolute atomic E-state index is 14.5. The number of nitrogens with zero attached hydrogens (tertiary/aromatic N) is 2. The second-order valence-electron chi connectivity index (χ2n) is 6.02. The molecule has 146 valence electrons. The van der Waals surface area contributed by atoms with Gasteiger partial charge in [-0.3, -0.25) is 4.79 Å². The molecule has 0 radical (unpaired) electrons. The van der Waals surface area contributed by atoms with Crippen LogP contribution in [0.25, 0.3) is 0 Å². The Morgan fingerprint density at radius 2 is 2.00 bits per heavy atom. The third-order valence-corrected chi connectivity index (χ3v) is 4.58. The molecule has 0 bridgehead atoms. The van der Waals surface area contributed by atoms with Crippen LogP contribution in [-0.2, 0) is 7.05 Å². The second-order valence-corrected chi connectivity index (χ2v) is 6.43. The first-order valence-corrected chi connectivity index (χ1v) is 8.78. The molecule has 2 aromatic carbocycles. The average molecular weight is 404 g/mol. The highest BCUT2D eigenvalue weighted by Gasteiger charge is 2.25. The van der Waals surface area contributed by atoms with Crippen molar-refractivity contribution in [2.45, 2.75) is 6.04 Å². The van der Waals surface area contributed by atoms with E-state index in [2.05, 4.69) is 10.3 Å². The molecule has 1 aromatic heterocycles. The summed E-state index contributed by atoms with van der Waals surface area (Å²) < 4.78 is 26.6. The Kier molecular flexibility index (Phi) is 5.84. The number of imidazole rings is 1. The minimum Gasteiger partial charge on any atom is -0.493 e. The number of halogens is 2. The van der Waals surface area contributed by atoms with Gasteiger partial charge < -0.3 is 19.4 Å². The van der Waals surface area contributed by atoms with Crippen LogP contribution in [0.15, 0.2) is 48.8 Å². The largest absolute Gasteiger partial charge is 0.493 e. The van der Waals surface area contributed by atoms with Crippen molar-refractivity contribution in [3.05, 3.63) is 76.6 Å². The zero-order valence-corrected chi connectivity index (χ0v) is 16.3. The number of carbonyl (C=O) groups is 1. The number of rotatable bonds is 6. The van der Waals surface area contributed by atoms with Crippen molar-refractivity contribution < 1.29 is 18.7 Å². The molecule has 0 unspecified atom stereocenters. The van der Waals surface area contributed by atoms with Gasteiger partial charge in [0, 0.05) is 30.6 Å². The van der Waals surface area contributed by atoms with E-state index in [1.165, 1.54) is 32.4 Å². The predicted octanol–water partition coefficient (Wildman–Crippen LogP) is 3.75. The highest BCUT2D eigenvalue weighted by molar-refractivity contribution is 6.32. The summed E-state index contributed by atoms with van der Waals surface area (Å²) in [6.07, 6.45) is 3.31. The van der Waals surface area contributed by atoms with Gasteiger partial charge in [-0.2, -0.15) is 0 Å². The Morgan fingerprint density at radius 3 is 2.61 bits per heavy atom. The maximum Gasteiger partial charge on any atom is 0.252 e. The predicted molar refractivity (Wildman–Crippen MR) is 103 cm³/mol. The molecule has 0 aliphatic rings. The molecule has 0 spiro atoms. The van der Waals surface area contributed by atoms with Crippen LogP contribution in [0.3, 0.4) is 0 Å². The van der Waals surface area contributed by atoms with Gasteiger partial charge in [-0.1, -0.05) is 29.8 Å². The molecule has 3 rings (SSSR count). The Bertz CT molecular complexity index is 1010. The van der Waals surface area contributed by atoms with E-state index in [-0.39, 0.29) is 10.6 Å².